The summed E-state index contributed by atoms with van der Waals surface area (Å²) >= 11 is -0.0775. The van der Waals surface area contributed by atoms with E-state index in [1.807, 2.05) is 30.3 Å². The molecule has 0 amide bonds. The van der Waals surface area contributed by atoms with Gasteiger partial charge in [0.05, 0.1) is 42.7 Å². The summed E-state index contributed by atoms with van der Waals surface area (Å²) in [5.41, 5.74) is 7.51. The van der Waals surface area contributed by atoms with Crippen LogP contribution in [-0.2, 0) is 6.54 Å². The predicted molar refractivity (Wildman–Crippen MR) is 165 cm³/mol. The van der Waals surface area contributed by atoms with Crippen LogP contribution in [0.3, 0.4) is 0 Å². The number of hydrogen-bond acceptors (Lipinski definition) is 9. The molecule has 10 nitrogen and oxygen atoms in total. The van der Waals surface area contributed by atoms with Gasteiger partial charge in [-0.15, -0.1) is 0 Å². The zero-order valence-electron chi connectivity index (χ0n) is 24.6. The Morgan fingerprint density at radius 1 is 0.558 bits per heavy atom. The maximum absolute atomic E-state index is 5.67. The SMILES string of the molecule is COc1cc(Cn2c(-c3cc(OC)c(OC)c(OC)c3)nc3cc(-c4ccc5n[se]nc5c4)ccc32)cc(OC)c1OC. The van der Waals surface area contributed by atoms with Crippen LogP contribution < -0.4 is 28.4 Å². The van der Waals surface area contributed by atoms with Crippen LogP contribution in [0.15, 0.2) is 60.7 Å². The minimum absolute atomic E-state index is 0.0775. The van der Waals surface area contributed by atoms with Crippen LogP contribution in [0, 0.1) is 0 Å². The van der Waals surface area contributed by atoms with Crippen molar-refractivity contribution in [1.29, 1.82) is 0 Å². The quantitative estimate of drug-likeness (QED) is 0.180. The summed E-state index contributed by atoms with van der Waals surface area (Å²) in [5, 5.41) is 0. The number of imidazole rings is 1. The number of hydrogen-bond donors (Lipinski definition) is 0. The molecule has 11 heteroatoms. The molecule has 0 saturated heterocycles. The first kappa shape index (κ1) is 28.4. The van der Waals surface area contributed by atoms with Crippen molar-refractivity contribution in [3.05, 3.63) is 66.2 Å². The van der Waals surface area contributed by atoms with Crippen LogP contribution >= 0.6 is 0 Å². The van der Waals surface area contributed by atoms with Crippen molar-refractivity contribution >= 4 is 37.0 Å². The van der Waals surface area contributed by atoms with E-state index in [1.54, 1.807) is 42.7 Å². The van der Waals surface area contributed by atoms with E-state index in [2.05, 4.69) is 42.9 Å². The van der Waals surface area contributed by atoms with Gasteiger partial charge < -0.3 is 28.4 Å². The monoisotopic (exact) mass is 646 g/mol. The molecule has 2 aromatic heterocycles. The van der Waals surface area contributed by atoms with Crippen molar-refractivity contribution in [2.45, 2.75) is 6.54 Å². The maximum atomic E-state index is 5.67. The van der Waals surface area contributed by atoms with Crippen LogP contribution in [0.1, 0.15) is 5.56 Å². The van der Waals surface area contributed by atoms with Crippen molar-refractivity contribution in [2.75, 3.05) is 42.7 Å². The van der Waals surface area contributed by atoms with Gasteiger partial charge in [-0.25, -0.2) is 0 Å². The van der Waals surface area contributed by atoms with E-state index in [0.717, 1.165) is 50.1 Å². The van der Waals surface area contributed by atoms with Crippen molar-refractivity contribution in [3.8, 4) is 57.0 Å². The standard InChI is InChI=1S/C32H30N4O6Se/c1-37-26-11-18(12-27(38-2)30(26)41-5)17-36-25-10-8-20(19-7-9-22-23(13-19)35-43-34-22)14-24(25)33-32(36)21-15-28(39-3)31(42-6)29(16-21)40-4/h7-16H,17H2,1-6H3. The van der Waals surface area contributed by atoms with Gasteiger partial charge in [-0.05, 0) is 0 Å². The van der Waals surface area contributed by atoms with Gasteiger partial charge >= 0.3 is 161 Å². The van der Waals surface area contributed by atoms with E-state index < -0.39 is 0 Å². The first-order valence-electron chi connectivity index (χ1n) is 13.3. The second-order valence-electron chi connectivity index (χ2n) is 9.64. The molecular weight excluding hydrogens is 615 g/mol. The van der Waals surface area contributed by atoms with Crippen LogP contribution in [0.4, 0.5) is 0 Å². The third-order valence-corrected chi connectivity index (χ3v) is 8.49. The van der Waals surface area contributed by atoms with Crippen molar-refractivity contribution < 1.29 is 28.4 Å². The fourth-order valence-corrected chi connectivity index (χ4v) is 6.36. The number of benzene rings is 4. The molecule has 0 aliphatic carbocycles. The second-order valence-corrected chi connectivity index (χ2v) is 10.7. The minimum Gasteiger partial charge on any atom is -0.493 e. The Balaban J connectivity index is 1.55. The fourth-order valence-electron chi connectivity index (χ4n) is 5.27. The number of fused-ring (bicyclic) bond motifs is 2. The Bertz CT molecular complexity index is 1900. The van der Waals surface area contributed by atoms with Gasteiger partial charge in [0.1, 0.15) is 0 Å². The molecule has 220 valence electrons. The summed E-state index contributed by atoms with van der Waals surface area (Å²) in [6.07, 6.45) is 0. The number of aromatic nitrogens is 4. The summed E-state index contributed by atoms with van der Waals surface area (Å²) in [6.45, 7) is 0.472. The van der Waals surface area contributed by atoms with E-state index >= 15 is 0 Å². The second kappa shape index (κ2) is 11.9. The summed E-state index contributed by atoms with van der Waals surface area (Å²) in [7, 11) is 9.60. The third kappa shape index (κ3) is 5.11. The zero-order chi connectivity index (χ0) is 30.1. The summed E-state index contributed by atoms with van der Waals surface area (Å²) in [5.74, 6) is 4.01. The van der Waals surface area contributed by atoms with E-state index in [0.29, 0.717) is 41.0 Å². The molecular formula is C32H30N4O6Se. The first-order valence-corrected chi connectivity index (χ1v) is 14.9. The first-order chi connectivity index (χ1) is 21.0. The number of methoxy groups -OCH3 is 6. The van der Waals surface area contributed by atoms with E-state index in [-0.39, 0.29) is 15.0 Å². The van der Waals surface area contributed by atoms with Gasteiger partial charge in [0.25, 0.3) is 0 Å². The Morgan fingerprint density at radius 3 is 1.67 bits per heavy atom. The third-order valence-electron chi connectivity index (χ3n) is 7.32. The van der Waals surface area contributed by atoms with Crippen LogP contribution in [0.2, 0.25) is 0 Å². The van der Waals surface area contributed by atoms with Crippen LogP contribution in [-0.4, -0.2) is 75.1 Å². The molecule has 0 fully saturated rings. The molecule has 4 aromatic carbocycles. The van der Waals surface area contributed by atoms with Gasteiger partial charge in [-0.1, -0.05) is 0 Å². The zero-order valence-corrected chi connectivity index (χ0v) is 26.3. The molecule has 0 radical (unpaired) electrons. The van der Waals surface area contributed by atoms with Gasteiger partial charge in [0.15, 0.2) is 11.5 Å². The molecule has 2 heterocycles. The van der Waals surface area contributed by atoms with E-state index in [1.165, 1.54) is 0 Å². The molecule has 6 aromatic rings. The molecule has 0 spiro atoms. The summed E-state index contributed by atoms with van der Waals surface area (Å²) in [4.78, 5) is 5.15. The molecule has 6 rings (SSSR count). The molecule has 0 aliphatic heterocycles. The minimum atomic E-state index is -0.0775. The molecule has 43 heavy (non-hydrogen) atoms. The molecule has 0 unspecified atom stereocenters. The number of ether oxygens (including phenoxy) is 6. The van der Waals surface area contributed by atoms with Crippen LogP contribution in [0.25, 0.3) is 44.6 Å². The number of nitrogens with zero attached hydrogens (tertiary/aromatic N) is 4. The number of rotatable bonds is 10. The Hall–Kier alpha value is -4.73. The summed E-state index contributed by atoms with van der Waals surface area (Å²) in [6, 6.07) is 20.2. The van der Waals surface area contributed by atoms with Gasteiger partial charge in [0, 0.05) is 0 Å². The van der Waals surface area contributed by atoms with Gasteiger partial charge in [0.2, 0.25) is 11.5 Å². The van der Waals surface area contributed by atoms with Crippen molar-refractivity contribution in [3.63, 3.8) is 0 Å². The molecule has 0 aliphatic rings. The van der Waals surface area contributed by atoms with E-state index in [4.69, 9.17) is 33.4 Å². The van der Waals surface area contributed by atoms with Crippen LogP contribution in [0.5, 0.6) is 34.5 Å². The predicted octanol–water partition coefficient (Wildman–Crippen LogP) is 5.47. The Labute approximate surface area is 254 Å². The smallest absolute Gasteiger partial charge is 0.493 e. The molecule has 0 bridgehead atoms. The Kier molecular flexibility index (Phi) is 7.84. The van der Waals surface area contributed by atoms with Gasteiger partial charge in [-0.3, -0.25) is 0 Å². The van der Waals surface area contributed by atoms with Gasteiger partial charge in [-0.2, -0.15) is 0 Å². The molecule has 0 atom stereocenters. The van der Waals surface area contributed by atoms with Crippen molar-refractivity contribution in [1.82, 2.24) is 17.5 Å². The average Bonchev–Trinajstić information content (AvgIpc) is 3.67. The topological polar surface area (TPSA) is 99.0 Å². The summed E-state index contributed by atoms with van der Waals surface area (Å²) < 4.78 is 44.9. The fraction of sp³-hybridized carbons (Fsp3) is 0.219. The van der Waals surface area contributed by atoms with Crippen molar-refractivity contribution in [2.24, 2.45) is 0 Å². The average molecular weight is 646 g/mol. The molecule has 0 saturated carbocycles. The molecule has 0 N–H and O–H groups in total. The van der Waals surface area contributed by atoms with E-state index in [9.17, 15) is 0 Å². The Morgan fingerprint density at radius 2 is 1.09 bits per heavy atom. The normalized spacial score (nSPS) is 11.1.